The highest BCUT2D eigenvalue weighted by Gasteiger charge is 2.16. The molecule has 4 nitrogen and oxygen atoms in total. The smallest absolute Gasteiger partial charge is 0.231 e. The molecular formula is C15H14BrNO3. The minimum atomic E-state index is -0.191. The molecule has 1 aliphatic heterocycles. The first-order valence-corrected chi connectivity index (χ1v) is 7.07. The van der Waals surface area contributed by atoms with E-state index in [-0.39, 0.29) is 12.9 Å². The lowest BCUT2D eigenvalue weighted by atomic mass is 10.1. The molecule has 1 heterocycles. The number of hydrogen-bond donors (Lipinski definition) is 1. The van der Waals surface area contributed by atoms with Crippen LogP contribution in [-0.2, 0) is 0 Å². The second-order valence-corrected chi connectivity index (χ2v) is 5.32. The van der Waals surface area contributed by atoms with Crippen molar-refractivity contribution in [3.05, 3.63) is 52.5 Å². The van der Waals surface area contributed by atoms with Crippen LogP contribution in [0.1, 0.15) is 11.7 Å². The van der Waals surface area contributed by atoms with Gasteiger partial charge in [0.2, 0.25) is 6.79 Å². The van der Waals surface area contributed by atoms with Gasteiger partial charge in [-0.05, 0) is 29.8 Å². The Balaban J connectivity index is 1.79. The molecule has 5 heteroatoms. The standard InChI is InChI=1S/C15H14BrNO3/c16-11-3-1-10(2-4-11)15(8-17)20-12-5-6-13-14(7-12)19-9-18-13/h1-7,15H,8-9,17H2. The molecular weight excluding hydrogens is 322 g/mol. The third kappa shape index (κ3) is 2.73. The summed E-state index contributed by atoms with van der Waals surface area (Å²) in [6.07, 6.45) is -0.191. The van der Waals surface area contributed by atoms with Crippen LogP contribution in [0.3, 0.4) is 0 Å². The third-order valence-electron chi connectivity index (χ3n) is 3.08. The number of hydrogen-bond acceptors (Lipinski definition) is 4. The van der Waals surface area contributed by atoms with Crippen LogP contribution in [0, 0.1) is 0 Å². The molecule has 0 saturated heterocycles. The summed E-state index contributed by atoms with van der Waals surface area (Å²) < 4.78 is 17.6. The van der Waals surface area contributed by atoms with E-state index in [2.05, 4.69) is 15.9 Å². The largest absolute Gasteiger partial charge is 0.484 e. The molecule has 1 atom stereocenters. The van der Waals surface area contributed by atoms with Crippen molar-refractivity contribution in [1.82, 2.24) is 0 Å². The van der Waals surface area contributed by atoms with Crippen molar-refractivity contribution in [2.24, 2.45) is 5.73 Å². The van der Waals surface area contributed by atoms with E-state index in [0.717, 1.165) is 15.8 Å². The van der Waals surface area contributed by atoms with Crippen LogP contribution in [0.25, 0.3) is 0 Å². The Kier molecular flexibility index (Phi) is 3.80. The zero-order chi connectivity index (χ0) is 13.9. The highest BCUT2D eigenvalue weighted by molar-refractivity contribution is 9.10. The first kappa shape index (κ1) is 13.3. The normalized spacial score (nSPS) is 14.1. The van der Waals surface area contributed by atoms with E-state index in [4.69, 9.17) is 19.9 Å². The Morgan fingerprint density at radius 2 is 1.85 bits per heavy atom. The molecule has 0 aromatic heterocycles. The van der Waals surface area contributed by atoms with Crippen molar-refractivity contribution in [3.63, 3.8) is 0 Å². The number of ether oxygens (including phenoxy) is 3. The van der Waals surface area contributed by atoms with Crippen LogP contribution in [0.2, 0.25) is 0 Å². The average Bonchev–Trinajstić information content (AvgIpc) is 2.93. The van der Waals surface area contributed by atoms with Crippen LogP contribution in [0.5, 0.6) is 17.2 Å². The van der Waals surface area contributed by atoms with Gasteiger partial charge in [0, 0.05) is 17.1 Å². The quantitative estimate of drug-likeness (QED) is 0.931. The van der Waals surface area contributed by atoms with Crippen molar-refractivity contribution in [2.45, 2.75) is 6.10 Å². The Morgan fingerprint density at radius 1 is 1.10 bits per heavy atom. The van der Waals surface area contributed by atoms with Crippen molar-refractivity contribution in [1.29, 1.82) is 0 Å². The summed E-state index contributed by atoms with van der Waals surface area (Å²) in [5.74, 6) is 2.16. The minimum absolute atomic E-state index is 0.191. The second-order valence-electron chi connectivity index (χ2n) is 4.41. The van der Waals surface area contributed by atoms with Crippen LogP contribution in [0.4, 0.5) is 0 Å². The third-order valence-corrected chi connectivity index (χ3v) is 3.61. The van der Waals surface area contributed by atoms with Crippen LogP contribution < -0.4 is 19.9 Å². The maximum atomic E-state index is 5.94. The molecule has 0 fully saturated rings. The van der Waals surface area contributed by atoms with Crippen LogP contribution in [-0.4, -0.2) is 13.3 Å². The number of benzene rings is 2. The molecule has 2 N–H and O–H groups in total. The van der Waals surface area contributed by atoms with Crippen molar-refractivity contribution < 1.29 is 14.2 Å². The molecule has 0 spiro atoms. The zero-order valence-corrected chi connectivity index (χ0v) is 12.3. The molecule has 20 heavy (non-hydrogen) atoms. The van der Waals surface area contributed by atoms with E-state index >= 15 is 0 Å². The van der Waals surface area contributed by atoms with Gasteiger partial charge in [-0.25, -0.2) is 0 Å². The van der Waals surface area contributed by atoms with Gasteiger partial charge < -0.3 is 19.9 Å². The van der Waals surface area contributed by atoms with Crippen molar-refractivity contribution >= 4 is 15.9 Å². The van der Waals surface area contributed by atoms with E-state index in [1.54, 1.807) is 0 Å². The number of fused-ring (bicyclic) bond motifs is 1. The maximum Gasteiger partial charge on any atom is 0.231 e. The van der Waals surface area contributed by atoms with Crippen LogP contribution >= 0.6 is 15.9 Å². The second kappa shape index (κ2) is 5.73. The van der Waals surface area contributed by atoms with Gasteiger partial charge in [0.1, 0.15) is 11.9 Å². The van der Waals surface area contributed by atoms with Gasteiger partial charge in [-0.3, -0.25) is 0 Å². The fourth-order valence-electron chi connectivity index (χ4n) is 2.04. The summed E-state index contributed by atoms with van der Waals surface area (Å²) in [7, 11) is 0. The van der Waals surface area contributed by atoms with Gasteiger partial charge >= 0.3 is 0 Å². The summed E-state index contributed by atoms with van der Waals surface area (Å²) in [4.78, 5) is 0. The van der Waals surface area contributed by atoms with E-state index in [1.165, 1.54) is 0 Å². The zero-order valence-electron chi connectivity index (χ0n) is 10.7. The molecule has 0 radical (unpaired) electrons. The topological polar surface area (TPSA) is 53.7 Å². The molecule has 1 aliphatic rings. The number of rotatable bonds is 4. The highest BCUT2D eigenvalue weighted by atomic mass is 79.9. The summed E-state index contributed by atoms with van der Waals surface area (Å²) in [5.41, 5.74) is 6.85. The summed E-state index contributed by atoms with van der Waals surface area (Å²) in [6.45, 7) is 0.655. The van der Waals surface area contributed by atoms with Gasteiger partial charge in [0.25, 0.3) is 0 Å². The van der Waals surface area contributed by atoms with Gasteiger partial charge in [-0.2, -0.15) is 0 Å². The Bertz CT molecular complexity index is 601. The number of halogens is 1. The predicted molar refractivity (Wildman–Crippen MR) is 79.1 cm³/mol. The minimum Gasteiger partial charge on any atom is -0.484 e. The Morgan fingerprint density at radius 3 is 2.60 bits per heavy atom. The average molecular weight is 336 g/mol. The van der Waals surface area contributed by atoms with Crippen molar-refractivity contribution in [2.75, 3.05) is 13.3 Å². The molecule has 0 amide bonds. The summed E-state index contributed by atoms with van der Waals surface area (Å²) >= 11 is 3.41. The Hall–Kier alpha value is -1.72. The summed E-state index contributed by atoms with van der Waals surface area (Å²) in [5, 5.41) is 0. The SMILES string of the molecule is NCC(Oc1ccc2c(c1)OCO2)c1ccc(Br)cc1. The fourth-order valence-corrected chi connectivity index (χ4v) is 2.31. The maximum absolute atomic E-state index is 5.94. The lowest BCUT2D eigenvalue weighted by Gasteiger charge is -2.18. The van der Waals surface area contributed by atoms with Gasteiger partial charge in [0.05, 0.1) is 0 Å². The lowest BCUT2D eigenvalue weighted by Crippen LogP contribution is -2.18. The molecule has 3 rings (SSSR count). The van der Waals surface area contributed by atoms with Gasteiger partial charge in [-0.15, -0.1) is 0 Å². The molecule has 0 aliphatic carbocycles. The molecule has 0 saturated carbocycles. The molecule has 2 aromatic carbocycles. The van der Waals surface area contributed by atoms with Gasteiger partial charge in [-0.1, -0.05) is 28.1 Å². The monoisotopic (exact) mass is 335 g/mol. The molecule has 0 bridgehead atoms. The van der Waals surface area contributed by atoms with E-state index in [9.17, 15) is 0 Å². The predicted octanol–water partition coefficient (Wildman–Crippen LogP) is 3.26. The van der Waals surface area contributed by atoms with Gasteiger partial charge in [0.15, 0.2) is 11.5 Å². The first-order valence-electron chi connectivity index (χ1n) is 6.28. The summed E-state index contributed by atoms with van der Waals surface area (Å²) in [6, 6.07) is 13.5. The fraction of sp³-hybridized carbons (Fsp3) is 0.200. The number of nitrogens with two attached hydrogens (primary N) is 1. The lowest BCUT2D eigenvalue weighted by molar-refractivity contribution is 0.173. The van der Waals surface area contributed by atoms with E-state index in [0.29, 0.717) is 18.0 Å². The van der Waals surface area contributed by atoms with Crippen LogP contribution in [0.15, 0.2) is 46.9 Å². The Labute approximate surface area is 125 Å². The molecule has 1 unspecified atom stereocenters. The molecule has 104 valence electrons. The molecule has 2 aromatic rings. The first-order chi connectivity index (χ1) is 9.76. The van der Waals surface area contributed by atoms with E-state index < -0.39 is 0 Å². The van der Waals surface area contributed by atoms with E-state index in [1.807, 2.05) is 42.5 Å². The highest BCUT2D eigenvalue weighted by Crippen LogP contribution is 2.36. The van der Waals surface area contributed by atoms with Crippen molar-refractivity contribution in [3.8, 4) is 17.2 Å².